The third kappa shape index (κ3) is 7.74. The summed E-state index contributed by atoms with van der Waals surface area (Å²) in [4.78, 5) is 24.7. The fourth-order valence-corrected chi connectivity index (χ4v) is 1.56. The molecule has 17 heavy (non-hydrogen) atoms. The van der Waals surface area contributed by atoms with Crippen LogP contribution in [0.3, 0.4) is 0 Å². The van der Waals surface area contributed by atoms with E-state index in [0.717, 1.165) is 19.3 Å². The topological polar surface area (TPSA) is 75.4 Å². The normalized spacial score (nSPS) is 10.1. The molecule has 2 amide bonds. The maximum Gasteiger partial charge on any atom is 0.241 e. The predicted molar refractivity (Wildman–Crippen MR) is 68.5 cm³/mol. The zero-order valence-electron chi connectivity index (χ0n) is 11.0. The summed E-state index contributed by atoms with van der Waals surface area (Å²) >= 11 is 0. The summed E-state index contributed by atoms with van der Waals surface area (Å²) in [6.07, 6.45) is 3.23. The fraction of sp³-hybridized carbons (Fsp3) is 0.833. The Balaban J connectivity index is 3.65. The molecule has 0 fully saturated rings. The molecule has 3 N–H and O–H groups in total. The van der Waals surface area contributed by atoms with Crippen LogP contribution in [-0.4, -0.2) is 42.9 Å². The highest BCUT2D eigenvalue weighted by Crippen LogP contribution is 1.98. The van der Waals surface area contributed by atoms with Gasteiger partial charge < -0.3 is 16.0 Å². The van der Waals surface area contributed by atoms with Crippen molar-refractivity contribution in [1.82, 2.24) is 10.2 Å². The number of nitrogens with two attached hydrogens (primary N) is 1. The van der Waals surface area contributed by atoms with E-state index in [4.69, 9.17) is 5.73 Å². The van der Waals surface area contributed by atoms with Gasteiger partial charge in [-0.2, -0.15) is 0 Å². The van der Waals surface area contributed by atoms with Gasteiger partial charge in [-0.15, -0.1) is 0 Å². The lowest BCUT2D eigenvalue weighted by atomic mass is 10.2. The quantitative estimate of drug-likeness (QED) is 0.579. The predicted octanol–water partition coefficient (Wildman–Crippen LogP) is 0.490. The molecule has 0 aromatic rings. The highest BCUT2D eigenvalue weighted by atomic mass is 16.2. The number of carbonyl (C=O) groups excluding carboxylic acids is 2. The molecule has 0 spiro atoms. The van der Waals surface area contributed by atoms with Crippen LogP contribution in [0.2, 0.25) is 0 Å². The minimum Gasteiger partial charge on any atom is -0.347 e. The molecule has 0 aliphatic rings. The molecule has 0 aromatic carbocycles. The summed E-state index contributed by atoms with van der Waals surface area (Å²) in [5.41, 5.74) is 5.36. The molecule has 0 radical (unpaired) electrons. The molecule has 0 atom stereocenters. The van der Waals surface area contributed by atoms with Crippen LogP contribution in [0, 0.1) is 0 Å². The van der Waals surface area contributed by atoms with E-state index in [1.807, 2.05) is 13.8 Å². The molecule has 0 rings (SSSR count). The lowest BCUT2D eigenvalue weighted by Crippen LogP contribution is -2.39. The number of nitrogens with zero attached hydrogens (tertiary/aromatic N) is 1. The zero-order valence-corrected chi connectivity index (χ0v) is 11.0. The molecule has 0 saturated carbocycles. The second-order valence-electron chi connectivity index (χ2n) is 3.94. The van der Waals surface area contributed by atoms with Gasteiger partial charge in [-0.25, -0.2) is 0 Å². The molecule has 5 nitrogen and oxygen atoms in total. The summed E-state index contributed by atoms with van der Waals surface area (Å²) in [7, 11) is 0. The molecular weight excluding hydrogens is 218 g/mol. The zero-order chi connectivity index (χ0) is 13.1. The number of hydrogen-bond acceptors (Lipinski definition) is 3. The first-order valence-electron chi connectivity index (χ1n) is 6.40. The average molecular weight is 243 g/mol. The Morgan fingerprint density at radius 1 is 1.12 bits per heavy atom. The smallest absolute Gasteiger partial charge is 0.241 e. The van der Waals surface area contributed by atoms with Crippen molar-refractivity contribution in [3.63, 3.8) is 0 Å². The van der Waals surface area contributed by atoms with Crippen molar-refractivity contribution >= 4 is 11.8 Å². The first-order valence-corrected chi connectivity index (χ1v) is 6.40. The molecule has 100 valence electrons. The number of hydrogen-bond donors (Lipinski definition) is 2. The molecule has 0 unspecified atom stereocenters. The van der Waals surface area contributed by atoms with E-state index >= 15 is 0 Å². The lowest BCUT2D eigenvalue weighted by molar-refractivity contribution is -0.132. The monoisotopic (exact) mass is 243 g/mol. The van der Waals surface area contributed by atoms with Crippen molar-refractivity contribution in [2.45, 2.75) is 39.5 Å². The Kier molecular flexibility index (Phi) is 9.43. The Morgan fingerprint density at radius 3 is 2.29 bits per heavy atom. The van der Waals surface area contributed by atoms with Crippen LogP contribution in [0.4, 0.5) is 0 Å². The minimum absolute atomic E-state index is 0.0229. The van der Waals surface area contributed by atoms with E-state index in [2.05, 4.69) is 5.32 Å². The van der Waals surface area contributed by atoms with Gasteiger partial charge in [-0.1, -0.05) is 6.42 Å². The maximum absolute atomic E-state index is 11.6. The van der Waals surface area contributed by atoms with Crippen molar-refractivity contribution in [1.29, 1.82) is 0 Å². The molecule has 0 aromatic heterocycles. The van der Waals surface area contributed by atoms with Crippen LogP contribution in [-0.2, 0) is 9.59 Å². The molecule has 0 saturated heterocycles. The maximum atomic E-state index is 11.6. The van der Waals surface area contributed by atoms with Crippen LogP contribution in [0.25, 0.3) is 0 Å². The Hall–Kier alpha value is -1.10. The van der Waals surface area contributed by atoms with E-state index in [1.54, 1.807) is 4.90 Å². The Bertz CT molecular complexity index is 228. The molecule has 0 aliphatic carbocycles. The SMILES string of the molecule is CCN(CC)C(=O)CNC(=O)CCCCCN. The number of unbranched alkanes of at least 4 members (excludes halogenated alkanes) is 2. The van der Waals surface area contributed by atoms with Gasteiger partial charge >= 0.3 is 0 Å². The van der Waals surface area contributed by atoms with Gasteiger partial charge in [0.05, 0.1) is 6.54 Å². The van der Waals surface area contributed by atoms with E-state index < -0.39 is 0 Å². The summed E-state index contributed by atoms with van der Waals surface area (Å²) < 4.78 is 0. The van der Waals surface area contributed by atoms with Crippen molar-refractivity contribution in [2.75, 3.05) is 26.2 Å². The number of nitrogens with one attached hydrogen (secondary N) is 1. The lowest BCUT2D eigenvalue weighted by Gasteiger charge is -2.18. The Labute approximate surface area is 104 Å². The first kappa shape index (κ1) is 15.9. The molecule has 0 heterocycles. The van der Waals surface area contributed by atoms with Crippen molar-refractivity contribution in [2.24, 2.45) is 5.73 Å². The van der Waals surface area contributed by atoms with Crippen LogP contribution in [0.5, 0.6) is 0 Å². The van der Waals surface area contributed by atoms with Crippen molar-refractivity contribution < 1.29 is 9.59 Å². The largest absolute Gasteiger partial charge is 0.347 e. The highest BCUT2D eigenvalue weighted by Gasteiger charge is 2.10. The molecule has 5 heteroatoms. The van der Waals surface area contributed by atoms with Crippen LogP contribution >= 0.6 is 0 Å². The standard InChI is InChI=1S/C12H25N3O2/c1-3-15(4-2)12(17)10-14-11(16)8-6-5-7-9-13/h3-10,13H2,1-2H3,(H,14,16). The fourth-order valence-electron chi connectivity index (χ4n) is 1.56. The minimum atomic E-state index is -0.0532. The third-order valence-electron chi connectivity index (χ3n) is 2.66. The second kappa shape index (κ2) is 10.1. The van der Waals surface area contributed by atoms with Gasteiger partial charge in [-0.05, 0) is 33.2 Å². The summed E-state index contributed by atoms with van der Waals surface area (Å²) in [6.45, 7) is 5.99. The Morgan fingerprint density at radius 2 is 1.76 bits per heavy atom. The third-order valence-corrected chi connectivity index (χ3v) is 2.66. The van der Waals surface area contributed by atoms with Crippen molar-refractivity contribution in [3.8, 4) is 0 Å². The van der Waals surface area contributed by atoms with Gasteiger partial charge in [0.2, 0.25) is 11.8 Å². The van der Waals surface area contributed by atoms with Gasteiger partial charge in [0.1, 0.15) is 0 Å². The number of likely N-dealkylation sites (N-methyl/N-ethyl adjacent to an activating group) is 1. The number of carbonyl (C=O) groups is 2. The van der Waals surface area contributed by atoms with Crippen LogP contribution < -0.4 is 11.1 Å². The van der Waals surface area contributed by atoms with Crippen LogP contribution in [0.15, 0.2) is 0 Å². The number of amides is 2. The van der Waals surface area contributed by atoms with E-state index in [-0.39, 0.29) is 18.4 Å². The molecule has 0 bridgehead atoms. The van der Waals surface area contributed by atoms with Crippen molar-refractivity contribution in [3.05, 3.63) is 0 Å². The summed E-state index contributed by atoms with van der Waals surface area (Å²) in [6, 6.07) is 0. The summed E-state index contributed by atoms with van der Waals surface area (Å²) in [5, 5.41) is 2.65. The van der Waals surface area contributed by atoms with E-state index in [1.165, 1.54) is 0 Å². The number of rotatable bonds is 9. The van der Waals surface area contributed by atoms with E-state index in [0.29, 0.717) is 26.1 Å². The van der Waals surface area contributed by atoms with E-state index in [9.17, 15) is 9.59 Å². The highest BCUT2D eigenvalue weighted by molar-refractivity contribution is 5.84. The molecule has 0 aliphatic heterocycles. The summed E-state index contributed by atoms with van der Waals surface area (Å²) in [5.74, 6) is -0.0761. The van der Waals surface area contributed by atoms with Gasteiger partial charge in [0, 0.05) is 19.5 Å². The molecular formula is C12H25N3O2. The second-order valence-corrected chi connectivity index (χ2v) is 3.94. The average Bonchev–Trinajstić information content (AvgIpc) is 2.33. The van der Waals surface area contributed by atoms with Gasteiger partial charge in [-0.3, -0.25) is 9.59 Å². The first-order chi connectivity index (χ1) is 8.15. The van der Waals surface area contributed by atoms with Gasteiger partial charge in [0.25, 0.3) is 0 Å². The van der Waals surface area contributed by atoms with Crippen LogP contribution in [0.1, 0.15) is 39.5 Å². The van der Waals surface area contributed by atoms with Gasteiger partial charge in [0.15, 0.2) is 0 Å².